The first kappa shape index (κ1) is 2.78. The van der Waals surface area contributed by atoms with Crippen LogP contribution in [0.5, 0.6) is 0 Å². The Morgan fingerprint density at radius 1 is 2.00 bits per heavy atom. The van der Waals surface area contributed by atoms with E-state index in [0.717, 1.165) is 6.42 Å². The van der Waals surface area contributed by atoms with E-state index in [4.69, 9.17) is 1.37 Å². The summed E-state index contributed by atoms with van der Waals surface area (Å²) in [4.78, 5) is 0. The molecular formula is C5H8. The van der Waals surface area contributed by atoms with Crippen molar-refractivity contribution in [3.63, 3.8) is 0 Å². The Hall–Kier alpha value is -0.440. The van der Waals surface area contributed by atoms with Gasteiger partial charge in [0.2, 0.25) is 0 Å². The second-order valence-electron chi connectivity index (χ2n) is 0.677. The molecule has 0 saturated heterocycles. The Kier molecular flexibility index (Phi) is 1.98. The van der Waals surface area contributed by atoms with Gasteiger partial charge in [0.25, 0.3) is 0 Å². The molecule has 0 aliphatic heterocycles. The Morgan fingerprint density at radius 2 is 2.80 bits per heavy atom. The minimum absolute atomic E-state index is 0.431. The van der Waals surface area contributed by atoms with E-state index < -0.39 is 0 Å². The lowest BCUT2D eigenvalue weighted by atomic mass is 10.5. The third-order valence-corrected chi connectivity index (χ3v) is 0.302. The molecule has 0 rings (SSSR count). The molecule has 0 aromatic rings. The van der Waals surface area contributed by atoms with Crippen LogP contribution in [0, 0.1) is 11.8 Å². The molecule has 0 heterocycles. The highest BCUT2D eigenvalue weighted by atomic mass is 13.5. The van der Waals surface area contributed by atoms with E-state index in [2.05, 4.69) is 11.8 Å². The third kappa shape index (κ3) is 3.56. The highest BCUT2D eigenvalue weighted by Crippen LogP contribution is 1.62. The minimum Gasteiger partial charge on any atom is -0.107 e. The lowest BCUT2D eigenvalue weighted by Crippen LogP contribution is -1.45. The molecule has 0 amide bonds. The van der Waals surface area contributed by atoms with E-state index in [1.807, 2.05) is 0 Å². The monoisotopic (exact) mass is 70.1 g/mol. The molecule has 28 valence electrons. The molecule has 0 aromatic carbocycles. The van der Waals surface area contributed by atoms with Crippen LogP contribution in [0.2, 0.25) is 0 Å². The zero-order chi connectivity index (χ0) is 4.83. The molecular weight excluding hydrogens is 60.1 g/mol. The maximum absolute atomic E-state index is 6.60. The van der Waals surface area contributed by atoms with Crippen molar-refractivity contribution in [3.8, 4) is 11.8 Å². The molecule has 0 spiro atoms. The Balaban J connectivity index is 2.79. The van der Waals surface area contributed by atoms with Crippen LogP contribution >= 0.6 is 0 Å². The Morgan fingerprint density at radius 3 is 3.00 bits per heavy atom. The van der Waals surface area contributed by atoms with Crippen LogP contribution in [-0.4, -0.2) is 0 Å². The van der Waals surface area contributed by atoms with Crippen LogP contribution in [0.1, 0.15) is 21.6 Å². The first-order chi connectivity index (χ1) is 2.91. The van der Waals surface area contributed by atoms with Crippen LogP contribution < -0.4 is 0 Å². The molecule has 0 heteroatoms. The lowest BCUT2D eigenvalue weighted by molar-refractivity contribution is 1.28. The quantitative estimate of drug-likeness (QED) is 0.378. The van der Waals surface area contributed by atoms with Crippen LogP contribution in [-0.2, 0) is 0 Å². The summed E-state index contributed by atoms with van der Waals surface area (Å²) in [5.74, 6) is 5.46. The van der Waals surface area contributed by atoms with Crippen molar-refractivity contribution >= 4 is 0 Å². The van der Waals surface area contributed by atoms with E-state index in [0.29, 0.717) is 6.90 Å². The summed E-state index contributed by atoms with van der Waals surface area (Å²) in [6.45, 7) is 2.22. The van der Waals surface area contributed by atoms with E-state index >= 15 is 0 Å². The van der Waals surface area contributed by atoms with Gasteiger partial charge in [0, 0.05) is 7.79 Å². The van der Waals surface area contributed by atoms with Gasteiger partial charge in [-0.25, -0.2) is 0 Å². The topological polar surface area (TPSA) is 0 Å². The second-order valence-corrected chi connectivity index (χ2v) is 0.677. The van der Waals surface area contributed by atoms with Gasteiger partial charge in [-0.05, 0) is 6.92 Å². The van der Waals surface area contributed by atoms with Crippen molar-refractivity contribution in [1.29, 1.82) is 0 Å². The zero-order valence-corrected chi connectivity index (χ0v) is 3.41. The van der Waals surface area contributed by atoms with E-state index in [1.165, 1.54) is 0 Å². The average Bonchev–Trinajstić information content (AvgIpc) is 1.61. The maximum atomic E-state index is 6.60. The number of hydrogen-bond acceptors (Lipinski definition) is 0. The lowest BCUT2D eigenvalue weighted by Gasteiger charge is -1.58. The number of rotatable bonds is 0. The Bertz CT molecular complexity index is 65.7. The largest absolute Gasteiger partial charge is 0.107 e. The highest BCUT2D eigenvalue weighted by molar-refractivity contribution is 4.92. The summed E-state index contributed by atoms with van der Waals surface area (Å²) in [7, 11) is 0. The molecule has 0 N–H and O–H groups in total. The van der Waals surface area contributed by atoms with Gasteiger partial charge < -0.3 is 0 Å². The molecule has 0 aromatic heterocycles. The summed E-state index contributed by atoms with van der Waals surface area (Å²) < 4.78 is 6.60. The van der Waals surface area contributed by atoms with Gasteiger partial charge in [0.1, 0.15) is 0 Å². The molecule has 0 aliphatic rings. The van der Waals surface area contributed by atoms with Crippen molar-refractivity contribution in [2.45, 2.75) is 20.2 Å². The van der Waals surface area contributed by atoms with Crippen molar-refractivity contribution in [2.24, 2.45) is 0 Å². The first-order valence-electron chi connectivity index (χ1n) is 2.31. The second kappa shape index (κ2) is 3.56. The molecule has 0 aliphatic carbocycles. The van der Waals surface area contributed by atoms with Crippen LogP contribution in [0.3, 0.4) is 0 Å². The van der Waals surface area contributed by atoms with Crippen LogP contribution in [0.25, 0.3) is 0 Å². The summed E-state index contributed by atoms with van der Waals surface area (Å²) in [6.07, 6.45) is 0.719. The molecule has 0 atom stereocenters. The SMILES string of the molecule is [3H]CCC#CC. The van der Waals surface area contributed by atoms with Crippen molar-refractivity contribution < 1.29 is 1.37 Å². The normalized spacial score (nSPS) is 7.80. The Labute approximate surface area is 34.6 Å². The highest BCUT2D eigenvalue weighted by Gasteiger charge is 1.48. The number of hydrogen-bond donors (Lipinski definition) is 0. The standard InChI is InChI=1S/C5H8/c1-3-5-4-2/h3H2,1-2H3/i1T. The summed E-state index contributed by atoms with van der Waals surface area (Å²) in [5.41, 5.74) is 0. The van der Waals surface area contributed by atoms with Gasteiger partial charge in [-0.3, -0.25) is 0 Å². The van der Waals surface area contributed by atoms with Crippen LogP contribution in [0.15, 0.2) is 0 Å². The molecule has 0 unspecified atom stereocenters. The van der Waals surface area contributed by atoms with E-state index in [1.54, 1.807) is 6.92 Å². The van der Waals surface area contributed by atoms with Gasteiger partial charge in [-0.2, -0.15) is 0 Å². The third-order valence-electron chi connectivity index (χ3n) is 0.302. The molecule has 0 nitrogen and oxygen atoms in total. The van der Waals surface area contributed by atoms with E-state index in [9.17, 15) is 0 Å². The van der Waals surface area contributed by atoms with Gasteiger partial charge in [0.05, 0.1) is 0 Å². The fourth-order valence-corrected chi connectivity index (χ4v) is 0.125. The molecule has 0 saturated carbocycles. The van der Waals surface area contributed by atoms with Gasteiger partial charge in [0.15, 0.2) is 0 Å². The first-order valence-corrected chi connectivity index (χ1v) is 1.60. The van der Waals surface area contributed by atoms with E-state index in [-0.39, 0.29) is 0 Å². The van der Waals surface area contributed by atoms with Crippen molar-refractivity contribution in [3.05, 3.63) is 0 Å². The smallest absolute Gasteiger partial charge is 0.0240 e. The molecule has 0 fully saturated rings. The summed E-state index contributed by atoms with van der Waals surface area (Å²) in [6, 6.07) is 0. The fourth-order valence-electron chi connectivity index (χ4n) is 0.125. The zero-order valence-electron chi connectivity index (χ0n) is 4.41. The van der Waals surface area contributed by atoms with Crippen molar-refractivity contribution in [1.82, 2.24) is 0 Å². The predicted octanol–water partition coefficient (Wildman–Crippen LogP) is 1.42. The van der Waals surface area contributed by atoms with Gasteiger partial charge in [-0.1, -0.05) is 6.90 Å². The average molecular weight is 70.1 g/mol. The minimum atomic E-state index is 0.431. The predicted molar refractivity (Wildman–Crippen MR) is 23.7 cm³/mol. The molecule has 0 bridgehead atoms. The van der Waals surface area contributed by atoms with Crippen molar-refractivity contribution in [2.75, 3.05) is 0 Å². The molecule has 0 radical (unpaired) electrons. The van der Waals surface area contributed by atoms with Crippen LogP contribution in [0.4, 0.5) is 0 Å². The molecule has 5 heavy (non-hydrogen) atoms. The van der Waals surface area contributed by atoms with Gasteiger partial charge in [-0.15, -0.1) is 11.8 Å². The maximum Gasteiger partial charge on any atom is 0.0240 e. The van der Waals surface area contributed by atoms with Gasteiger partial charge >= 0.3 is 0 Å². The summed E-state index contributed by atoms with van der Waals surface area (Å²) >= 11 is 0. The fraction of sp³-hybridized carbons (Fsp3) is 0.600. The summed E-state index contributed by atoms with van der Waals surface area (Å²) in [5, 5.41) is 0.